The van der Waals surface area contributed by atoms with Crippen molar-refractivity contribution in [2.24, 2.45) is 22.4 Å². The van der Waals surface area contributed by atoms with Gasteiger partial charge in [-0.25, -0.2) is 5.84 Å². The van der Waals surface area contributed by atoms with Gasteiger partial charge in [-0.05, 0) is 0 Å². The molecular weight excluding hydrogens is 156 g/mol. The van der Waals surface area contributed by atoms with Crippen molar-refractivity contribution < 1.29 is 0 Å². The minimum Gasteiger partial charge on any atom is -0.384 e. The second kappa shape index (κ2) is 3.14. The molecule has 7 N–H and O–H groups in total. The monoisotopic (exact) mass is 164 g/mol. The Labute approximate surface area is 64.1 Å². The Hall–Kier alpha value is -1.14. The lowest BCUT2D eigenvalue weighted by Crippen LogP contribution is -2.45. The summed E-state index contributed by atoms with van der Waals surface area (Å²) in [6, 6.07) is 0. The second-order valence-corrected chi connectivity index (χ2v) is 1.58. The zero-order valence-electron chi connectivity index (χ0n) is 5.11. The number of amidine groups is 1. The standard InChI is InChI=1S/C3H8N6.ClH/c4-2-1-3(5)8-9(6)7-2;/h1,7H,4,6H2,(H2,5,8);1H. The van der Waals surface area contributed by atoms with Crippen LogP contribution >= 0.6 is 12.4 Å². The Bertz CT molecular complexity index is 174. The molecule has 7 heteroatoms. The lowest BCUT2D eigenvalue weighted by Gasteiger charge is -2.18. The molecule has 0 aromatic rings. The molecule has 0 saturated carbocycles. The first-order valence-electron chi connectivity index (χ1n) is 2.31. The van der Waals surface area contributed by atoms with Crippen LogP contribution in [0, 0.1) is 0 Å². The van der Waals surface area contributed by atoms with Crippen LogP contribution in [0.4, 0.5) is 0 Å². The summed E-state index contributed by atoms with van der Waals surface area (Å²) in [6.45, 7) is 0. The number of nitrogens with two attached hydrogens (primary N) is 3. The fourth-order valence-electron chi connectivity index (χ4n) is 0.502. The molecule has 0 aromatic heterocycles. The highest BCUT2D eigenvalue weighted by Crippen LogP contribution is 1.87. The Morgan fingerprint density at radius 3 is 2.50 bits per heavy atom. The highest BCUT2D eigenvalue weighted by atomic mass is 35.5. The van der Waals surface area contributed by atoms with Crippen LogP contribution in [-0.4, -0.2) is 11.1 Å². The molecule has 0 unspecified atom stereocenters. The summed E-state index contributed by atoms with van der Waals surface area (Å²) in [5.41, 5.74) is 13.0. The molecule has 0 bridgehead atoms. The van der Waals surface area contributed by atoms with Gasteiger partial charge in [0.05, 0.1) is 0 Å². The van der Waals surface area contributed by atoms with Crippen molar-refractivity contribution in [3.05, 3.63) is 11.9 Å². The first-order valence-corrected chi connectivity index (χ1v) is 2.31. The van der Waals surface area contributed by atoms with Gasteiger partial charge < -0.3 is 11.5 Å². The van der Waals surface area contributed by atoms with Gasteiger partial charge in [-0.15, -0.1) is 22.7 Å². The van der Waals surface area contributed by atoms with Gasteiger partial charge in [0, 0.05) is 6.08 Å². The SMILES string of the molecule is Cl.NC1=CC(N)=NN(N)N1. The molecule has 0 fully saturated rings. The van der Waals surface area contributed by atoms with Gasteiger partial charge in [0.2, 0.25) is 0 Å². The zero-order chi connectivity index (χ0) is 6.85. The third kappa shape index (κ3) is 2.00. The summed E-state index contributed by atoms with van der Waals surface area (Å²) in [4.78, 5) is 0. The Morgan fingerprint density at radius 1 is 1.50 bits per heavy atom. The molecule has 0 aromatic carbocycles. The number of hydrazine groups is 2. The molecule has 0 spiro atoms. The minimum atomic E-state index is 0. The van der Waals surface area contributed by atoms with Gasteiger partial charge in [-0.1, -0.05) is 0 Å². The quantitative estimate of drug-likeness (QED) is 0.316. The van der Waals surface area contributed by atoms with Crippen LogP contribution in [0.5, 0.6) is 0 Å². The van der Waals surface area contributed by atoms with E-state index in [0.717, 1.165) is 5.23 Å². The van der Waals surface area contributed by atoms with Crippen LogP contribution in [0.1, 0.15) is 0 Å². The van der Waals surface area contributed by atoms with Crippen molar-refractivity contribution in [1.82, 2.24) is 10.7 Å². The molecule has 1 heterocycles. The molecule has 10 heavy (non-hydrogen) atoms. The number of hydrazone groups is 1. The predicted octanol–water partition coefficient (Wildman–Crippen LogP) is -1.83. The summed E-state index contributed by atoms with van der Waals surface area (Å²) in [5, 5.41) is 4.52. The normalized spacial score (nSPS) is 16.3. The van der Waals surface area contributed by atoms with Crippen LogP contribution in [0.15, 0.2) is 17.0 Å². The maximum absolute atomic E-state index is 5.28. The molecule has 0 saturated heterocycles. The van der Waals surface area contributed by atoms with Crippen molar-refractivity contribution in [1.29, 1.82) is 0 Å². The molecule has 1 rings (SSSR count). The van der Waals surface area contributed by atoms with E-state index in [4.69, 9.17) is 17.3 Å². The molecule has 0 aliphatic carbocycles. The predicted molar refractivity (Wildman–Crippen MR) is 40.3 cm³/mol. The molecule has 58 valence electrons. The van der Waals surface area contributed by atoms with Crippen molar-refractivity contribution in [3.8, 4) is 0 Å². The largest absolute Gasteiger partial charge is 0.384 e. The van der Waals surface area contributed by atoms with Crippen molar-refractivity contribution >= 4 is 18.2 Å². The Balaban J connectivity index is 0.000000810. The minimum absolute atomic E-state index is 0. The molecule has 1 aliphatic heterocycles. The lowest BCUT2D eigenvalue weighted by molar-refractivity contribution is 0.224. The van der Waals surface area contributed by atoms with E-state index in [-0.39, 0.29) is 18.2 Å². The lowest BCUT2D eigenvalue weighted by atomic mass is 10.5. The number of rotatable bonds is 0. The van der Waals surface area contributed by atoms with Gasteiger partial charge in [-0.2, -0.15) is 0 Å². The van der Waals surface area contributed by atoms with E-state index in [1.807, 2.05) is 0 Å². The molecule has 1 aliphatic rings. The third-order valence-electron chi connectivity index (χ3n) is 0.770. The van der Waals surface area contributed by atoms with Gasteiger partial charge in [0.1, 0.15) is 5.82 Å². The fourth-order valence-corrected chi connectivity index (χ4v) is 0.502. The van der Waals surface area contributed by atoms with E-state index in [9.17, 15) is 0 Å². The van der Waals surface area contributed by atoms with Crippen LogP contribution in [-0.2, 0) is 0 Å². The number of halogens is 1. The van der Waals surface area contributed by atoms with Crippen LogP contribution in [0.25, 0.3) is 0 Å². The summed E-state index contributed by atoms with van der Waals surface area (Å²) >= 11 is 0. The van der Waals surface area contributed by atoms with Crippen LogP contribution in [0.2, 0.25) is 0 Å². The highest BCUT2D eigenvalue weighted by Gasteiger charge is 2.01. The zero-order valence-corrected chi connectivity index (χ0v) is 5.93. The van der Waals surface area contributed by atoms with Crippen LogP contribution < -0.4 is 22.7 Å². The molecule has 6 nitrogen and oxygen atoms in total. The van der Waals surface area contributed by atoms with Gasteiger partial charge in [-0.3, -0.25) is 5.43 Å². The highest BCUT2D eigenvalue weighted by molar-refractivity contribution is 5.91. The van der Waals surface area contributed by atoms with E-state index in [1.54, 1.807) is 0 Å². The summed E-state index contributed by atoms with van der Waals surface area (Å²) in [7, 11) is 0. The second-order valence-electron chi connectivity index (χ2n) is 1.58. The Morgan fingerprint density at radius 2 is 2.10 bits per heavy atom. The molecular formula is C3H9ClN6. The first kappa shape index (κ1) is 8.86. The van der Waals surface area contributed by atoms with Crippen molar-refractivity contribution in [2.75, 3.05) is 0 Å². The number of hydrogen-bond acceptors (Lipinski definition) is 6. The average Bonchev–Trinajstić information content (AvgIpc) is 1.59. The van der Waals surface area contributed by atoms with Gasteiger partial charge >= 0.3 is 0 Å². The smallest absolute Gasteiger partial charge is 0.150 e. The first-order chi connectivity index (χ1) is 4.18. The topological polar surface area (TPSA) is 106 Å². The fraction of sp³-hybridized carbons (Fsp3) is 0. The van der Waals surface area contributed by atoms with E-state index in [0.29, 0.717) is 5.82 Å². The molecule has 0 radical (unpaired) electrons. The van der Waals surface area contributed by atoms with Crippen molar-refractivity contribution in [3.63, 3.8) is 0 Å². The van der Waals surface area contributed by atoms with Gasteiger partial charge in [0.25, 0.3) is 0 Å². The van der Waals surface area contributed by atoms with Crippen LogP contribution in [0.3, 0.4) is 0 Å². The van der Waals surface area contributed by atoms with E-state index in [2.05, 4.69) is 10.5 Å². The summed E-state index contributed by atoms with van der Waals surface area (Å²) in [6.07, 6.45) is 1.48. The Kier molecular flexibility index (Phi) is 2.78. The maximum atomic E-state index is 5.28. The average molecular weight is 165 g/mol. The van der Waals surface area contributed by atoms with E-state index < -0.39 is 0 Å². The van der Waals surface area contributed by atoms with E-state index >= 15 is 0 Å². The number of nitrogens with one attached hydrogen (secondary N) is 1. The summed E-state index contributed by atoms with van der Waals surface area (Å²) in [5.74, 6) is 5.81. The molecule has 0 atom stereocenters. The van der Waals surface area contributed by atoms with Crippen molar-refractivity contribution in [2.45, 2.75) is 0 Å². The van der Waals surface area contributed by atoms with Gasteiger partial charge in [0.15, 0.2) is 5.84 Å². The maximum Gasteiger partial charge on any atom is 0.150 e. The number of nitrogens with zero attached hydrogens (tertiary/aromatic N) is 2. The third-order valence-corrected chi connectivity index (χ3v) is 0.770. The summed E-state index contributed by atoms with van der Waals surface area (Å²) < 4.78 is 0. The van der Waals surface area contributed by atoms with E-state index in [1.165, 1.54) is 6.08 Å². The molecule has 0 amide bonds. The number of hydrogen-bond donors (Lipinski definition) is 4.